The molecule has 1 rings (SSSR count). The average molecular weight is 272 g/mol. The molecule has 0 heterocycles. The Bertz CT molecular complexity index is 486. The standard InChI is InChI=1S/C12H20N2O3S/c1-10(9-17-4)13-11-6-5-7-12(8-11)18(15,16)14(2)3/h5-8,10,13H,9H2,1-4H3. The van der Waals surface area contributed by atoms with E-state index in [9.17, 15) is 8.42 Å². The number of hydrogen-bond donors (Lipinski definition) is 1. The van der Waals surface area contributed by atoms with Crippen molar-refractivity contribution < 1.29 is 13.2 Å². The molecule has 0 radical (unpaired) electrons. The molecule has 1 atom stereocenters. The molecule has 6 heteroatoms. The van der Waals surface area contributed by atoms with Gasteiger partial charge in [0, 0.05) is 32.9 Å². The van der Waals surface area contributed by atoms with Gasteiger partial charge in [0.1, 0.15) is 0 Å². The minimum Gasteiger partial charge on any atom is -0.383 e. The molecule has 0 aromatic heterocycles. The van der Waals surface area contributed by atoms with E-state index >= 15 is 0 Å². The largest absolute Gasteiger partial charge is 0.383 e. The normalized spacial score (nSPS) is 13.6. The number of ether oxygens (including phenoxy) is 1. The maximum atomic E-state index is 12.0. The van der Waals surface area contributed by atoms with Gasteiger partial charge in [-0.25, -0.2) is 12.7 Å². The summed E-state index contributed by atoms with van der Waals surface area (Å²) in [6, 6.07) is 6.88. The Morgan fingerprint density at radius 3 is 2.61 bits per heavy atom. The molecule has 1 aromatic carbocycles. The molecule has 0 fully saturated rings. The number of benzene rings is 1. The summed E-state index contributed by atoms with van der Waals surface area (Å²) in [5.41, 5.74) is 0.766. The van der Waals surface area contributed by atoms with E-state index in [4.69, 9.17) is 4.74 Å². The lowest BCUT2D eigenvalue weighted by molar-refractivity contribution is 0.190. The molecular weight excluding hydrogens is 252 g/mol. The van der Waals surface area contributed by atoms with E-state index in [2.05, 4.69) is 5.32 Å². The van der Waals surface area contributed by atoms with Crippen LogP contribution in [0.4, 0.5) is 5.69 Å². The van der Waals surface area contributed by atoms with Crippen molar-refractivity contribution in [3.63, 3.8) is 0 Å². The molecule has 0 amide bonds. The minimum absolute atomic E-state index is 0.118. The predicted molar refractivity (Wildman–Crippen MR) is 72.3 cm³/mol. The summed E-state index contributed by atoms with van der Waals surface area (Å²) in [4.78, 5) is 0.280. The molecule has 0 aliphatic heterocycles. The van der Waals surface area contributed by atoms with Crippen molar-refractivity contribution in [2.75, 3.05) is 33.1 Å². The van der Waals surface area contributed by atoms with Gasteiger partial charge in [-0.2, -0.15) is 0 Å². The van der Waals surface area contributed by atoms with Gasteiger partial charge in [-0.05, 0) is 25.1 Å². The second-order valence-electron chi connectivity index (χ2n) is 4.32. The lowest BCUT2D eigenvalue weighted by Gasteiger charge is -2.16. The first-order chi connectivity index (χ1) is 8.37. The van der Waals surface area contributed by atoms with Gasteiger partial charge in [0.25, 0.3) is 0 Å². The number of sulfonamides is 1. The highest BCUT2D eigenvalue weighted by Gasteiger charge is 2.17. The van der Waals surface area contributed by atoms with Crippen molar-refractivity contribution in [3.8, 4) is 0 Å². The van der Waals surface area contributed by atoms with Crippen molar-refractivity contribution in [1.29, 1.82) is 0 Å². The molecule has 5 nitrogen and oxygen atoms in total. The van der Waals surface area contributed by atoms with Crippen LogP contribution >= 0.6 is 0 Å². The molecule has 0 saturated carbocycles. The molecule has 1 aromatic rings. The Hall–Kier alpha value is -1.11. The molecule has 0 bridgehead atoms. The summed E-state index contributed by atoms with van der Waals surface area (Å²) < 4.78 is 30.2. The van der Waals surface area contributed by atoms with Crippen LogP contribution in [0.25, 0.3) is 0 Å². The number of nitrogens with zero attached hydrogens (tertiary/aromatic N) is 1. The van der Waals surface area contributed by atoms with Crippen LogP contribution in [0.3, 0.4) is 0 Å². The molecule has 102 valence electrons. The summed E-state index contributed by atoms with van der Waals surface area (Å²) in [6.45, 7) is 2.53. The summed E-state index contributed by atoms with van der Waals surface area (Å²) in [6.07, 6.45) is 0. The second-order valence-corrected chi connectivity index (χ2v) is 6.47. The predicted octanol–water partition coefficient (Wildman–Crippen LogP) is 1.38. The third-order valence-electron chi connectivity index (χ3n) is 2.44. The number of rotatable bonds is 6. The molecule has 1 N–H and O–H groups in total. The summed E-state index contributed by atoms with van der Waals surface area (Å²) in [7, 11) is 1.28. The Morgan fingerprint density at radius 2 is 2.06 bits per heavy atom. The molecule has 18 heavy (non-hydrogen) atoms. The summed E-state index contributed by atoms with van der Waals surface area (Å²) >= 11 is 0. The van der Waals surface area contributed by atoms with E-state index in [1.54, 1.807) is 25.3 Å². The van der Waals surface area contributed by atoms with Gasteiger partial charge < -0.3 is 10.1 Å². The van der Waals surface area contributed by atoms with Gasteiger partial charge >= 0.3 is 0 Å². The summed E-state index contributed by atoms with van der Waals surface area (Å²) in [5, 5.41) is 3.19. The van der Waals surface area contributed by atoms with Crippen LogP contribution in [0.5, 0.6) is 0 Å². The molecular formula is C12H20N2O3S. The second kappa shape index (κ2) is 6.17. The van der Waals surface area contributed by atoms with Crippen LogP contribution < -0.4 is 5.32 Å². The van der Waals surface area contributed by atoms with Crippen LogP contribution in [-0.4, -0.2) is 46.6 Å². The third kappa shape index (κ3) is 3.69. The van der Waals surface area contributed by atoms with Gasteiger partial charge in [-0.1, -0.05) is 6.07 Å². The molecule has 0 aliphatic rings. The SMILES string of the molecule is COCC(C)Nc1cccc(S(=O)(=O)N(C)C)c1. The van der Waals surface area contributed by atoms with Gasteiger partial charge in [0.15, 0.2) is 0 Å². The smallest absolute Gasteiger partial charge is 0.242 e. The summed E-state index contributed by atoms with van der Waals surface area (Å²) in [5.74, 6) is 0. The fraction of sp³-hybridized carbons (Fsp3) is 0.500. The van der Waals surface area contributed by atoms with Crippen LogP contribution in [0.15, 0.2) is 29.2 Å². The van der Waals surface area contributed by atoms with E-state index in [0.29, 0.717) is 6.61 Å². The number of hydrogen-bond acceptors (Lipinski definition) is 4. The maximum absolute atomic E-state index is 12.0. The molecule has 0 saturated heterocycles. The van der Waals surface area contributed by atoms with Crippen molar-refractivity contribution in [1.82, 2.24) is 4.31 Å². The van der Waals surface area contributed by atoms with E-state index < -0.39 is 10.0 Å². The minimum atomic E-state index is -3.39. The van der Waals surface area contributed by atoms with E-state index in [1.807, 2.05) is 13.0 Å². The first kappa shape index (κ1) is 14.9. The average Bonchev–Trinajstić information content (AvgIpc) is 2.29. The topological polar surface area (TPSA) is 58.6 Å². The van der Waals surface area contributed by atoms with Crippen molar-refractivity contribution in [3.05, 3.63) is 24.3 Å². The zero-order valence-electron chi connectivity index (χ0n) is 11.2. The van der Waals surface area contributed by atoms with Gasteiger partial charge in [0.2, 0.25) is 10.0 Å². The van der Waals surface area contributed by atoms with Crippen LogP contribution in [0, 0.1) is 0 Å². The fourth-order valence-electron chi connectivity index (χ4n) is 1.53. The Labute approximate surface area is 109 Å². The Morgan fingerprint density at radius 1 is 1.39 bits per heavy atom. The lowest BCUT2D eigenvalue weighted by Crippen LogP contribution is -2.23. The molecule has 0 spiro atoms. The highest BCUT2D eigenvalue weighted by Crippen LogP contribution is 2.18. The zero-order chi connectivity index (χ0) is 13.8. The van der Waals surface area contributed by atoms with Crippen LogP contribution in [0.2, 0.25) is 0 Å². The Kier molecular flexibility index (Phi) is 5.13. The van der Waals surface area contributed by atoms with Crippen molar-refractivity contribution in [2.45, 2.75) is 17.9 Å². The van der Waals surface area contributed by atoms with Crippen LogP contribution in [-0.2, 0) is 14.8 Å². The van der Waals surface area contributed by atoms with E-state index in [0.717, 1.165) is 5.69 Å². The van der Waals surface area contributed by atoms with E-state index in [-0.39, 0.29) is 10.9 Å². The number of nitrogens with one attached hydrogen (secondary N) is 1. The maximum Gasteiger partial charge on any atom is 0.242 e. The first-order valence-corrected chi connectivity index (χ1v) is 7.10. The number of methoxy groups -OCH3 is 1. The van der Waals surface area contributed by atoms with Crippen LogP contribution in [0.1, 0.15) is 6.92 Å². The monoisotopic (exact) mass is 272 g/mol. The first-order valence-electron chi connectivity index (χ1n) is 5.66. The number of anilines is 1. The highest BCUT2D eigenvalue weighted by atomic mass is 32.2. The third-order valence-corrected chi connectivity index (χ3v) is 4.25. The molecule has 0 aliphatic carbocycles. The van der Waals surface area contributed by atoms with Gasteiger partial charge in [-0.15, -0.1) is 0 Å². The Balaban J connectivity index is 2.93. The lowest BCUT2D eigenvalue weighted by atomic mass is 10.3. The molecule has 1 unspecified atom stereocenters. The highest BCUT2D eigenvalue weighted by molar-refractivity contribution is 7.89. The quantitative estimate of drug-likeness (QED) is 0.850. The van der Waals surface area contributed by atoms with Crippen molar-refractivity contribution >= 4 is 15.7 Å². The van der Waals surface area contributed by atoms with E-state index in [1.165, 1.54) is 18.4 Å². The van der Waals surface area contributed by atoms with Gasteiger partial charge in [0.05, 0.1) is 11.5 Å². The fourth-order valence-corrected chi connectivity index (χ4v) is 2.48. The van der Waals surface area contributed by atoms with Crippen molar-refractivity contribution in [2.24, 2.45) is 0 Å². The zero-order valence-corrected chi connectivity index (χ0v) is 12.0. The van der Waals surface area contributed by atoms with Gasteiger partial charge in [-0.3, -0.25) is 0 Å².